The Labute approximate surface area is 114 Å². The predicted octanol–water partition coefficient (Wildman–Crippen LogP) is 3.36. The zero-order valence-electron chi connectivity index (χ0n) is 11.8. The van der Waals surface area contributed by atoms with Gasteiger partial charge >= 0.3 is 0 Å². The van der Waals surface area contributed by atoms with Crippen molar-refractivity contribution in [2.75, 3.05) is 11.9 Å². The Morgan fingerprint density at radius 3 is 2.68 bits per heavy atom. The predicted molar refractivity (Wildman–Crippen MR) is 77.8 cm³/mol. The van der Waals surface area contributed by atoms with E-state index < -0.39 is 0 Å². The van der Waals surface area contributed by atoms with Crippen molar-refractivity contribution in [1.82, 2.24) is 9.55 Å². The minimum atomic E-state index is 0.259. The van der Waals surface area contributed by atoms with Gasteiger partial charge in [0.05, 0.1) is 18.4 Å². The molecule has 0 radical (unpaired) electrons. The van der Waals surface area contributed by atoms with Crippen LogP contribution in [0, 0.1) is 6.92 Å². The molecule has 0 aliphatic carbocycles. The minimum absolute atomic E-state index is 0.259. The lowest BCUT2D eigenvalue weighted by atomic mass is 10.3. The molecule has 1 heterocycles. The molecular weight excluding hydrogens is 238 g/mol. The first-order valence-electron chi connectivity index (χ1n) is 6.62. The molecule has 19 heavy (non-hydrogen) atoms. The van der Waals surface area contributed by atoms with Gasteiger partial charge in [-0.25, -0.2) is 4.98 Å². The van der Waals surface area contributed by atoms with Crippen molar-refractivity contribution in [3.8, 4) is 0 Å². The minimum Gasteiger partial charge on any atom is -0.377 e. The Hall–Kier alpha value is -1.81. The summed E-state index contributed by atoms with van der Waals surface area (Å²) in [5, 5.41) is 3.33. The molecule has 0 saturated heterocycles. The van der Waals surface area contributed by atoms with E-state index in [1.54, 1.807) is 0 Å². The number of aryl methyl sites for hydroxylation is 1. The van der Waals surface area contributed by atoms with E-state index in [2.05, 4.69) is 14.9 Å². The van der Waals surface area contributed by atoms with E-state index >= 15 is 0 Å². The van der Waals surface area contributed by atoms with Gasteiger partial charge in [0, 0.05) is 18.4 Å². The summed E-state index contributed by atoms with van der Waals surface area (Å²) < 4.78 is 7.67. The molecule has 2 rings (SSSR count). The molecule has 0 unspecified atom stereocenters. The monoisotopic (exact) mass is 259 g/mol. The Balaban J connectivity index is 2.04. The maximum absolute atomic E-state index is 5.58. The van der Waals surface area contributed by atoms with Crippen LogP contribution < -0.4 is 5.32 Å². The van der Waals surface area contributed by atoms with Gasteiger partial charge in [0.1, 0.15) is 0 Å². The zero-order valence-corrected chi connectivity index (χ0v) is 11.8. The number of benzene rings is 1. The van der Waals surface area contributed by atoms with Crippen molar-refractivity contribution in [3.05, 3.63) is 42.2 Å². The molecule has 1 N–H and O–H groups in total. The molecule has 0 amide bonds. The number of imidazole rings is 1. The molecule has 0 spiro atoms. The van der Waals surface area contributed by atoms with Crippen LogP contribution in [0.15, 0.2) is 36.5 Å². The van der Waals surface area contributed by atoms with Gasteiger partial charge in [0.2, 0.25) is 5.95 Å². The van der Waals surface area contributed by atoms with Crippen LogP contribution >= 0.6 is 0 Å². The first-order chi connectivity index (χ1) is 9.15. The molecule has 4 nitrogen and oxygen atoms in total. The second-order valence-corrected chi connectivity index (χ2v) is 4.81. The average Bonchev–Trinajstić information content (AvgIpc) is 2.70. The topological polar surface area (TPSA) is 39.1 Å². The van der Waals surface area contributed by atoms with Crippen LogP contribution in [0.3, 0.4) is 0 Å². The third-order valence-electron chi connectivity index (χ3n) is 2.71. The second kappa shape index (κ2) is 6.38. The maximum atomic E-state index is 5.58. The fourth-order valence-electron chi connectivity index (χ4n) is 1.85. The molecule has 0 fully saturated rings. The highest BCUT2D eigenvalue weighted by Crippen LogP contribution is 2.15. The van der Waals surface area contributed by atoms with Gasteiger partial charge in [-0.2, -0.15) is 0 Å². The van der Waals surface area contributed by atoms with Crippen LogP contribution in [0.5, 0.6) is 0 Å². The first-order valence-corrected chi connectivity index (χ1v) is 6.62. The summed E-state index contributed by atoms with van der Waals surface area (Å²) >= 11 is 0. The van der Waals surface area contributed by atoms with E-state index in [-0.39, 0.29) is 6.10 Å². The van der Waals surface area contributed by atoms with Gasteiger partial charge < -0.3 is 14.6 Å². The van der Waals surface area contributed by atoms with E-state index in [9.17, 15) is 0 Å². The van der Waals surface area contributed by atoms with Gasteiger partial charge in [-0.15, -0.1) is 0 Å². The Morgan fingerprint density at radius 1 is 1.26 bits per heavy atom. The Bertz CT molecular complexity index is 505. The van der Waals surface area contributed by atoms with Crippen molar-refractivity contribution in [1.29, 1.82) is 0 Å². The fraction of sp³-hybridized carbons (Fsp3) is 0.400. The number of hydrogen-bond donors (Lipinski definition) is 1. The Kier molecular flexibility index (Phi) is 4.58. The van der Waals surface area contributed by atoms with E-state index in [4.69, 9.17) is 4.74 Å². The highest BCUT2D eigenvalue weighted by molar-refractivity contribution is 5.53. The molecule has 1 aromatic heterocycles. The third kappa shape index (κ3) is 4.10. The summed E-state index contributed by atoms with van der Waals surface area (Å²) in [6.45, 7) is 7.58. The highest BCUT2D eigenvalue weighted by Gasteiger charge is 2.06. The summed E-state index contributed by atoms with van der Waals surface area (Å²) in [7, 11) is 0. The summed E-state index contributed by atoms with van der Waals surface area (Å²) in [5.41, 5.74) is 2.04. The van der Waals surface area contributed by atoms with E-state index in [0.717, 1.165) is 23.9 Å². The summed E-state index contributed by atoms with van der Waals surface area (Å²) in [6.07, 6.45) is 2.30. The number of nitrogens with one attached hydrogen (secondary N) is 1. The molecule has 102 valence electrons. The molecule has 0 aliphatic heterocycles. The summed E-state index contributed by atoms with van der Waals surface area (Å²) in [6, 6.07) is 10.1. The number of hydrogen-bond acceptors (Lipinski definition) is 3. The SMILES string of the molecule is Cc1cn(CCOC(C)C)c(Nc2ccccc2)n1. The normalized spacial score (nSPS) is 10.9. The van der Waals surface area contributed by atoms with Gasteiger partial charge in [-0.1, -0.05) is 18.2 Å². The molecule has 2 aromatic rings. The van der Waals surface area contributed by atoms with Crippen LogP contribution in [0.1, 0.15) is 19.5 Å². The summed E-state index contributed by atoms with van der Waals surface area (Å²) in [4.78, 5) is 4.50. The molecule has 0 atom stereocenters. The lowest BCUT2D eigenvalue weighted by Gasteiger charge is -2.11. The van der Waals surface area contributed by atoms with E-state index in [0.29, 0.717) is 6.61 Å². The van der Waals surface area contributed by atoms with Crippen molar-refractivity contribution in [2.45, 2.75) is 33.4 Å². The van der Waals surface area contributed by atoms with Crippen LogP contribution in [0.25, 0.3) is 0 Å². The number of anilines is 2. The maximum Gasteiger partial charge on any atom is 0.207 e. The lowest BCUT2D eigenvalue weighted by Crippen LogP contribution is -2.11. The van der Waals surface area contributed by atoms with Crippen molar-refractivity contribution in [2.24, 2.45) is 0 Å². The molecule has 0 bridgehead atoms. The number of para-hydroxylation sites is 1. The first kappa shape index (κ1) is 13.6. The van der Waals surface area contributed by atoms with Crippen molar-refractivity contribution >= 4 is 11.6 Å². The smallest absolute Gasteiger partial charge is 0.207 e. The van der Waals surface area contributed by atoms with Crippen LogP contribution in [-0.4, -0.2) is 22.3 Å². The average molecular weight is 259 g/mol. The second-order valence-electron chi connectivity index (χ2n) is 4.81. The molecule has 0 aliphatic rings. The zero-order chi connectivity index (χ0) is 13.7. The van der Waals surface area contributed by atoms with Crippen molar-refractivity contribution in [3.63, 3.8) is 0 Å². The van der Waals surface area contributed by atoms with Crippen LogP contribution in [0.2, 0.25) is 0 Å². The van der Waals surface area contributed by atoms with Crippen molar-refractivity contribution < 1.29 is 4.74 Å². The molecule has 4 heteroatoms. The molecule has 0 saturated carbocycles. The largest absolute Gasteiger partial charge is 0.377 e. The Morgan fingerprint density at radius 2 is 2.00 bits per heavy atom. The number of nitrogens with zero attached hydrogens (tertiary/aromatic N) is 2. The third-order valence-corrected chi connectivity index (χ3v) is 2.71. The van der Waals surface area contributed by atoms with Crippen LogP contribution in [-0.2, 0) is 11.3 Å². The van der Waals surface area contributed by atoms with Gasteiger partial charge in [-0.3, -0.25) is 0 Å². The standard InChI is InChI=1S/C15H21N3O/c1-12(2)19-10-9-18-11-13(3)16-15(18)17-14-7-5-4-6-8-14/h4-8,11-12H,9-10H2,1-3H3,(H,16,17). The molecule has 1 aromatic carbocycles. The van der Waals surface area contributed by atoms with E-state index in [1.807, 2.05) is 57.3 Å². The van der Waals surface area contributed by atoms with Crippen LogP contribution in [0.4, 0.5) is 11.6 Å². The fourth-order valence-corrected chi connectivity index (χ4v) is 1.85. The number of rotatable bonds is 6. The highest BCUT2D eigenvalue weighted by atomic mass is 16.5. The summed E-state index contributed by atoms with van der Waals surface area (Å²) in [5.74, 6) is 0.857. The lowest BCUT2D eigenvalue weighted by molar-refractivity contribution is 0.0730. The quantitative estimate of drug-likeness (QED) is 0.864. The van der Waals surface area contributed by atoms with Gasteiger partial charge in [-0.05, 0) is 32.9 Å². The van der Waals surface area contributed by atoms with E-state index in [1.165, 1.54) is 0 Å². The molecular formula is C15H21N3O. The van der Waals surface area contributed by atoms with Gasteiger partial charge in [0.25, 0.3) is 0 Å². The number of ether oxygens (including phenoxy) is 1. The van der Waals surface area contributed by atoms with Gasteiger partial charge in [0.15, 0.2) is 0 Å². The number of aromatic nitrogens is 2.